The first-order chi connectivity index (χ1) is 17.9. The van der Waals surface area contributed by atoms with Crippen molar-refractivity contribution >= 4 is 12.2 Å². The quantitative estimate of drug-likeness (QED) is 0.263. The highest BCUT2D eigenvalue weighted by Gasteiger charge is 2.31. The maximum Gasteiger partial charge on any atom is 0.277 e. The van der Waals surface area contributed by atoms with E-state index in [4.69, 9.17) is 14.2 Å². The molecule has 0 radical (unpaired) electrons. The van der Waals surface area contributed by atoms with Crippen molar-refractivity contribution in [3.05, 3.63) is 57.3 Å². The predicted molar refractivity (Wildman–Crippen MR) is 133 cm³/mol. The normalized spacial score (nSPS) is 13.1. The minimum atomic E-state index is -0.868. The fraction of sp³-hybridized carbons (Fsp3) is 0.480. The fourth-order valence-electron chi connectivity index (χ4n) is 3.86. The van der Waals surface area contributed by atoms with E-state index in [0.29, 0.717) is 71.0 Å². The molecule has 0 unspecified atom stereocenters. The molecule has 37 heavy (non-hydrogen) atoms. The number of ether oxygens (including phenoxy) is 3. The second-order valence-corrected chi connectivity index (χ2v) is 8.51. The molecule has 1 aromatic carbocycles. The number of fused-ring (bicyclic) bond motifs is 1. The number of hydrogen-bond acceptors (Lipinski definition) is 9. The monoisotopic (exact) mass is 520 g/mol. The van der Waals surface area contributed by atoms with Crippen molar-refractivity contribution in [2.24, 2.45) is 0 Å². The molecular formula is C25H33FN4O7. The first-order valence-corrected chi connectivity index (χ1v) is 12.0. The van der Waals surface area contributed by atoms with Crippen molar-refractivity contribution in [1.29, 1.82) is 0 Å². The summed E-state index contributed by atoms with van der Waals surface area (Å²) < 4.78 is 31.7. The number of halogens is 1. The van der Waals surface area contributed by atoms with Crippen LogP contribution in [0.4, 0.5) is 4.39 Å². The van der Waals surface area contributed by atoms with Gasteiger partial charge < -0.3 is 29.5 Å². The Bertz CT molecular complexity index is 1140. The van der Waals surface area contributed by atoms with E-state index in [2.05, 4.69) is 5.32 Å². The van der Waals surface area contributed by atoms with Crippen LogP contribution >= 0.6 is 0 Å². The summed E-state index contributed by atoms with van der Waals surface area (Å²) in [5, 5.41) is 14.9. The maximum absolute atomic E-state index is 13.5. The number of aromatic nitrogens is 1. The highest BCUT2D eigenvalue weighted by molar-refractivity contribution is 5.96. The molecule has 0 aliphatic carbocycles. The second kappa shape index (κ2) is 13.7. The van der Waals surface area contributed by atoms with E-state index < -0.39 is 17.1 Å². The summed E-state index contributed by atoms with van der Waals surface area (Å²) in [6.45, 7) is 3.39. The number of amides is 1. The van der Waals surface area contributed by atoms with Gasteiger partial charge in [-0.3, -0.25) is 24.1 Å². The smallest absolute Gasteiger partial charge is 0.277 e. The lowest BCUT2D eigenvalue weighted by Gasteiger charge is -2.38. The van der Waals surface area contributed by atoms with E-state index in [1.54, 1.807) is 18.1 Å². The summed E-state index contributed by atoms with van der Waals surface area (Å²) in [7, 11) is 3.38. The molecule has 1 aliphatic heterocycles. The molecule has 1 amide bonds. The predicted octanol–water partition coefficient (Wildman–Crippen LogP) is 1.10. The molecule has 12 heteroatoms. The minimum absolute atomic E-state index is 0.168. The molecule has 0 saturated heterocycles. The SMILES string of the molecule is CNCc1ccc(F)cc1OCCCOCCOCCCN1CN(C)C(=O)c2c(O)c(=O)c(C=O)cn21. The zero-order valence-electron chi connectivity index (χ0n) is 21.1. The molecule has 11 nitrogen and oxygen atoms in total. The molecule has 0 spiro atoms. The fourth-order valence-corrected chi connectivity index (χ4v) is 3.86. The van der Waals surface area contributed by atoms with E-state index in [0.717, 1.165) is 5.56 Å². The Labute approximate surface area is 214 Å². The molecule has 0 bridgehead atoms. The van der Waals surface area contributed by atoms with Crippen LogP contribution in [0.1, 0.15) is 39.3 Å². The van der Waals surface area contributed by atoms with Crippen LogP contribution in [0.3, 0.4) is 0 Å². The van der Waals surface area contributed by atoms with Gasteiger partial charge >= 0.3 is 0 Å². The first kappa shape index (κ1) is 28.1. The summed E-state index contributed by atoms with van der Waals surface area (Å²) in [6, 6.07) is 4.48. The van der Waals surface area contributed by atoms with Crippen molar-refractivity contribution in [1.82, 2.24) is 14.9 Å². The number of carbonyl (C=O) groups excluding carboxylic acids is 2. The molecule has 0 atom stereocenters. The van der Waals surface area contributed by atoms with Gasteiger partial charge in [-0.15, -0.1) is 0 Å². The third kappa shape index (κ3) is 7.28. The van der Waals surface area contributed by atoms with Crippen molar-refractivity contribution in [2.45, 2.75) is 19.4 Å². The van der Waals surface area contributed by atoms with E-state index in [1.807, 2.05) is 7.05 Å². The number of aldehydes is 1. The number of nitrogens with one attached hydrogen (secondary N) is 1. The highest BCUT2D eigenvalue weighted by Crippen LogP contribution is 2.21. The van der Waals surface area contributed by atoms with E-state index in [9.17, 15) is 23.9 Å². The number of carbonyl (C=O) groups is 2. The van der Waals surface area contributed by atoms with Gasteiger partial charge in [0, 0.05) is 57.6 Å². The van der Waals surface area contributed by atoms with Crippen LogP contribution in [0, 0.1) is 5.82 Å². The number of aromatic hydroxyl groups is 1. The van der Waals surface area contributed by atoms with Gasteiger partial charge in [-0.2, -0.15) is 0 Å². The van der Waals surface area contributed by atoms with Crippen LogP contribution < -0.4 is 20.5 Å². The third-order valence-electron chi connectivity index (χ3n) is 5.71. The van der Waals surface area contributed by atoms with Gasteiger partial charge in [0.1, 0.15) is 18.2 Å². The first-order valence-electron chi connectivity index (χ1n) is 12.0. The van der Waals surface area contributed by atoms with Crippen molar-refractivity contribution < 1.29 is 33.3 Å². The zero-order chi connectivity index (χ0) is 26.8. The van der Waals surface area contributed by atoms with E-state index in [1.165, 1.54) is 27.9 Å². The zero-order valence-corrected chi connectivity index (χ0v) is 21.1. The summed E-state index contributed by atoms with van der Waals surface area (Å²) >= 11 is 0. The Morgan fingerprint density at radius 1 is 1.11 bits per heavy atom. The lowest BCUT2D eigenvalue weighted by Crippen LogP contribution is -2.53. The van der Waals surface area contributed by atoms with Crippen LogP contribution in [0.25, 0.3) is 0 Å². The highest BCUT2D eigenvalue weighted by atomic mass is 19.1. The van der Waals surface area contributed by atoms with Crippen LogP contribution in [-0.2, 0) is 16.0 Å². The lowest BCUT2D eigenvalue weighted by atomic mass is 10.2. The molecule has 2 heterocycles. The van der Waals surface area contributed by atoms with Crippen LogP contribution in [-0.4, -0.2) is 87.2 Å². The second-order valence-electron chi connectivity index (χ2n) is 8.51. The average molecular weight is 521 g/mol. The number of hydrogen-bond donors (Lipinski definition) is 2. The number of pyridine rings is 1. The van der Waals surface area contributed by atoms with Gasteiger partial charge in [-0.25, -0.2) is 4.39 Å². The van der Waals surface area contributed by atoms with Crippen molar-refractivity contribution in [3.8, 4) is 11.5 Å². The Morgan fingerprint density at radius 2 is 1.84 bits per heavy atom. The molecule has 202 valence electrons. The summed E-state index contributed by atoms with van der Waals surface area (Å²) in [6.07, 6.45) is 2.87. The molecule has 2 aromatic rings. The largest absolute Gasteiger partial charge is 0.502 e. The topological polar surface area (TPSA) is 123 Å². The molecular weight excluding hydrogens is 487 g/mol. The lowest BCUT2D eigenvalue weighted by molar-refractivity contribution is 0.0424. The Morgan fingerprint density at radius 3 is 2.54 bits per heavy atom. The summed E-state index contributed by atoms with van der Waals surface area (Å²) in [5.41, 5.74) is -0.374. The van der Waals surface area contributed by atoms with Crippen LogP contribution in [0.5, 0.6) is 11.5 Å². The minimum Gasteiger partial charge on any atom is -0.502 e. The standard InChI is InChI=1S/C25H33FN4O7/c1-27-14-18-5-6-20(26)13-21(18)37-10-4-9-36-12-11-35-8-3-7-29-17-28(2)25(34)22-24(33)23(32)19(16-31)15-30(22)29/h5-6,13,15-16,27,33H,3-4,7-12,14,17H2,1-2H3. The Balaban J connectivity index is 1.33. The molecule has 1 aromatic heterocycles. The summed E-state index contributed by atoms with van der Waals surface area (Å²) in [4.78, 5) is 37.0. The molecule has 0 fully saturated rings. The van der Waals surface area contributed by atoms with E-state index in [-0.39, 0.29) is 23.7 Å². The van der Waals surface area contributed by atoms with Gasteiger partial charge in [0.25, 0.3) is 5.91 Å². The van der Waals surface area contributed by atoms with Crippen molar-refractivity contribution in [3.63, 3.8) is 0 Å². The molecule has 1 aliphatic rings. The van der Waals surface area contributed by atoms with E-state index >= 15 is 0 Å². The van der Waals surface area contributed by atoms with Gasteiger partial charge in [0.05, 0.1) is 25.4 Å². The van der Waals surface area contributed by atoms with Crippen molar-refractivity contribution in [2.75, 3.05) is 65.4 Å². The van der Waals surface area contributed by atoms with Gasteiger partial charge in [-0.05, 0) is 19.5 Å². The summed E-state index contributed by atoms with van der Waals surface area (Å²) in [5.74, 6) is -1.06. The average Bonchev–Trinajstić information content (AvgIpc) is 2.88. The number of benzene rings is 1. The molecule has 0 saturated carbocycles. The number of nitrogens with zero attached hydrogens (tertiary/aromatic N) is 3. The Kier molecular flexibility index (Phi) is 10.4. The van der Waals surface area contributed by atoms with Gasteiger partial charge in [0.2, 0.25) is 5.43 Å². The van der Waals surface area contributed by atoms with Crippen LogP contribution in [0.2, 0.25) is 0 Å². The Hall–Kier alpha value is -3.48. The molecule has 2 N–H and O–H groups in total. The van der Waals surface area contributed by atoms with Gasteiger partial charge in [-0.1, -0.05) is 6.07 Å². The van der Waals surface area contributed by atoms with Gasteiger partial charge in [0.15, 0.2) is 17.7 Å². The maximum atomic E-state index is 13.5. The van der Waals surface area contributed by atoms with Crippen LogP contribution in [0.15, 0.2) is 29.2 Å². The number of rotatable bonds is 15. The third-order valence-corrected chi connectivity index (χ3v) is 5.71. The molecule has 3 rings (SSSR count).